The Bertz CT molecular complexity index is 650. The van der Waals surface area contributed by atoms with Crippen molar-refractivity contribution in [2.75, 3.05) is 17.8 Å². The molecule has 6 nitrogen and oxygen atoms in total. The van der Waals surface area contributed by atoms with Crippen LogP contribution in [0.5, 0.6) is 0 Å². The van der Waals surface area contributed by atoms with E-state index in [0.29, 0.717) is 0 Å². The van der Waals surface area contributed by atoms with Gasteiger partial charge in [-0.25, -0.2) is 4.98 Å². The van der Waals surface area contributed by atoms with Crippen LogP contribution in [-0.2, 0) is 18.3 Å². The van der Waals surface area contributed by atoms with Gasteiger partial charge in [0.25, 0.3) is 0 Å². The average Bonchev–Trinajstić information content (AvgIpc) is 2.94. The summed E-state index contributed by atoms with van der Waals surface area (Å²) in [5, 5.41) is 14.2. The molecule has 0 aromatic carbocycles. The van der Waals surface area contributed by atoms with Gasteiger partial charge in [0.2, 0.25) is 0 Å². The third-order valence-electron chi connectivity index (χ3n) is 3.21. The van der Waals surface area contributed by atoms with Crippen LogP contribution in [0.2, 0.25) is 0 Å². The van der Waals surface area contributed by atoms with Crippen LogP contribution in [0.25, 0.3) is 11.2 Å². The summed E-state index contributed by atoms with van der Waals surface area (Å²) in [6.45, 7) is 4.18. The lowest BCUT2D eigenvalue weighted by Gasteiger charge is -2.16. The van der Waals surface area contributed by atoms with E-state index >= 15 is 0 Å². The first kappa shape index (κ1) is 16.2. The molecule has 2 rings (SSSR count). The fourth-order valence-corrected chi connectivity index (χ4v) is 3.81. The molecule has 0 aliphatic carbocycles. The molecule has 0 spiro atoms. The zero-order valence-electron chi connectivity index (χ0n) is 12.7. The van der Waals surface area contributed by atoms with Gasteiger partial charge in [0.05, 0.1) is 11.4 Å². The number of fused-ring (bicyclic) bond motifs is 1. The van der Waals surface area contributed by atoms with Gasteiger partial charge in [-0.1, -0.05) is 18.7 Å². The highest BCUT2D eigenvalue weighted by molar-refractivity contribution is 7.99. The molecule has 0 saturated heterocycles. The highest BCUT2D eigenvalue weighted by Crippen LogP contribution is 2.30. The molecule has 0 bridgehead atoms. The van der Waals surface area contributed by atoms with E-state index in [-0.39, 0.29) is 11.8 Å². The molecule has 0 fully saturated rings. The second-order valence-corrected chi connectivity index (χ2v) is 6.70. The summed E-state index contributed by atoms with van der Waals surface area (Å²) in [6.07, 6.45) is 2.88. The minimum Gasteiger partial charge on any atom is -0.481 e. The minimum absolute atomic E-state index is 0.0181. The van der Waals surface area contributed by atoms with Gasteiger partial charge in [-0.2, -0.15) is 16.9 Å². The minimum atomic E-state index is -0.829. The summed E-state index contributed by atoms with van der Waals surface area (Å²) in [7, 11) is 1.91. The molecule has 2 heterocycles. The fraction of sp³-hybridized carbons (Fsp3) is 0.615. The zero-order chi connectivity index (χ0) is 15.6. The molecular formula is C13H20N4O2S2. The van der Waals surface area contributed by atoms with Gasteiger partial charge in [0, 0.05) is 18.8 Å². The summed E-state index contributed by atoms with van der Waals surface area (Å²) >= 11 is 3.03. The van der Waals surface area contributed by atoms with Crippen molar-refractivity contribution in [2.45, 2.75) is 31.5 Å². The highest BCUT2D eigenvalue weighted by atomic mass is 32.2. The van der Waals surface area contributed by atoms with E-state index in [1.54, 1.807) is 11.8 Å². The molecule has 8 heteroatoms. The highest BCUT2D eigenvalue weighted by Gasteiger charge is 2.22. The number of aryl methyl sites for hydroxylation is 2. The molecule has 1 atom stereocenters. The van der Waals surface area contributed by atoms with Gasteiger partial charge in [-0.3, -0.25) is 9.48 Å². The van der Waals surface area contributed by atoms with Gasteiger partial charge in [0.15, 0.2) is 10.8 Å². The molecule has 0 amide bonds. The number of nitrogens with zero attached hydrogens (tertiary/aromatic N) is 4. The lowest BCUT2D eigenvalue weighted by atomic mass is 10.3. The van der Waals surface area contributed by atoms with Crippen molar-refractivity contribution in [2.24, 2.45) is 7.05 Å². The Morgan fingerprint density at radius 3 is 2.76 bits per heavy atom. The number of hydrogen-bond donors (Lipinski definition) is 1. The van der Waals surface area contributed by atoms with Crippen LogP contribution >= 0.6 is 23.5 Å². The topological polar surface area (TPSA) is 72.9 Å². The third-order valence-corrected chi connectivity index (χ3v) is 4.97. The molecule has 0 aliphatic heterocycles. The van der Waals surface area contributed by atoms with Gasteiger partial charge in [-0.05, 0) is 19.6 Å². The molecule has 2 aromatic rings. The predicted octanol–water partition coefficient (Wildman–Crippen LogP) is 2.43. The zero-order valence-corrected chi connectivity index (χ0v) is 14.3. The smallest absolute Gasteiger partial charge is 0.313 e. The first-order valence-corrected chi connectivity index (χ1v) is 9.14. The standard InChI is InChI=1S/C13H20N4O2S2/c1-5-9-11-12(16(3)15-9)17(8(2)6-20-4)13(14-11)21-7-10(18)19/h8H,5-7H2,1-4H3,(H,18,19). The molecule has 1 N–H and O–H groups in total. The first-order chi connectivity index (χ1) is 9.99. The van der Waals surface area contributed by atoms with Gasteiger partial charge < -0.3 is 9.67 Å². The van der Waals surface area contributed by atoms with Gasteiger partial charge >= 0.3 is 5.97 Å². The Hall–Kier alpha value is -1.15. The molecule has 0 saturated carbocycles. The van der Waals surface area contributed by atoms with E-state index in [9.17, 15) is 4.79 Å². The number of aliphatic carboxylic acids is 1. The van der Waals surface area contributed by atoms with Crippen molar-refractivity contribution in [3.05, 3.63) is 5.69 Å². The monoisotopic (exact) mass is 328 g/mol. The summed E-state index contributed by atoms with van der Waals surface area (Å²) < 4.78 is 3.97. The Balaban J connectivity index is 2.54. The van der Waals surface area contributed by atoms with Crippen LogP contribution in [0.15, 0.2) is 5.16 Å². The summed E-state index contributed by atoms with van der Waals surface area (Å²) in [5.74, 6) is 0.133. The van der Waals surface area contributed by atoms with Crippen molar-refractivity contribution in [3.63, 3.8) is 0 Å². The first-order valence-electron chi connectivity index (χ1n) is 6.76. The largest absolute Gasteiger partial charge is 0.481 e. The summed E-state index contributed by atoms with van der Waals surface area (Å²) in [6, 6.07) is 0.237. The number of imidazole rings is 1. The molecule has 2 aromatic heterocycles. The number of rotatable bonds is 7. The van der Waals surface area contributed by atoms with Crippen LogP contribution in [0.1, 0.15) is 25.6 Å². The SMILES string of the molecule is CCc1nn(C)c2c1nc(SCC(=O)O)n2C(C)CSC. The maximum atomic E-state index is 10.8. The lowest BCUT2D eigenvalue weighted by Crippen LogP contribution is -2.12. The number of hydrogen-bond acceptors (Lipinski definition) is 5. The molecular weight excluding hydrogens is 308 g/mol. The quantitative estimate of drug-likeness (QED) is 0.787. The van der Waals surface area contributed by atoms with Gasteiger partial charge in [-0.15, -0.1) is 0 Å². The van der Waals surface area contributed by atoms with Crippen LogP contribution in [-0.4, -0.2) is 48.2 Å². The van der Waals surface area contributed by atoms with E-state index in [1.165, 1.54) is 11.8 Å². The molecule has 116 valence electrons. The van der Waals surface area contributed by atoms with Gasteiger partial charge in [0.1, 0.15) is 5.52 Å². The number of thioether (sulfide) groups is 2. The maximum Gasteiger partial charge on any atom is 0.313 e. The fourth-order valence-electron chi connectivity index (χ4n) is 2.36. The van der Waals surface area contributed by atoms with E-state index < -0.39 is 5.97 Å². The van der Waals surface area contributed by atoms with Crippen molar-refractivity contribution in [1.82, 2.24) is 19.3 Å². The number of carbonyl (C=O) groups is 1. The second kappa shape index (κ2) is 6.74. The van der Waals surface area contributed by atoms with E-state index in [4.69, 9.17) is 5.11 Å². The Labute approximate surface area is 132 Å². The van der Waals surface area contributed by atoms with E-state index in [2.05, 4.69) is 34.8 Å². The maximum absolute atomic E-state index is 10.8. The van der Waals surface area contributed by atoms with Crippen LogP contribution in [0.4, 0.5) is 0 Å². The lowest BCUT2D eigenvalue weighted by molar-refractivity contribution is -0.133. The van der Waals surface area contributed by atoms with Crippen molar-refractivity contribution in [3.8, 4) is 0 Å². The van der Waals surface area contributed by atoms with Crippen LogP contribution in [0, 0.1) is 0 Å². The van der Waals surface area contributed by atoms with E-state index in [0.717, 1.165) is 34.2 Å². The van der Waals surface area contributed by atoms with E-state index in [1.807, 2.05) is 11.7 Å². The number of carboxylic acid groups (broad SMARTS) is 1. The molecule has 21 heavy (non-hydrogen) atoms. The van der Waals surface area contributed by atoms with Crippen LogP contribution < -0.4 is 0 Å². The Morgan fingerprint density at radius 1 is 1.48 bits per heavy atom. The van der Waals surface area contributed by atoms with Crippen LogP contribution in [0.3, 0.4) is 0 Å². The second-order valence-electron chi connectivity index (χ2n) is 4.85. The van der Waals surface area contributed by atoms with Crippen molar-refractivity contribution >= 4 is 40.7 Å². The Kier molecular flexibility index (Phi) is 5.21. The number of aromatic nitrogens is 4. The molecule has 0 radical (unpaired) electrons. The number of carboxylic acids is 1. The predicted molar refractivity (Wildman–Crippen MR) is 87.3 cm³/mol. The van der Waals surface area contributed by atoms with Crippen molar-refractivity contribution < 1.29 is 9.90 Å². The summed E-state index contributed by atoms with van der Waals surface area (Å²) in [4.78, 5) is 15.5. The molecule has 1 unspecified atom stereocenters. The third kappa shape index (κ3) is 3.21. The van der Waals surface area contributed by atoms with Crippen molar-refractivity contribution in [1.29, 1.82) is 0 Å². The average molecular weight is 328 g/mol. The molecule has 0 aliphatic rings. The Morgan fingerprint density at radius 2 is 2.19 bits per heavy atom. The normalized spacial score (nSPS) is 13.0. The summed E-state index contributed by atoms with van der Waals surface area (Å²) in [5.41, 5.74) is 2.82.